The highest BCUT2D eigenvalue weighted by molar-refractivity contribution is 5.86. The van der Waals surface area contributed by atoms with Crippen LogP contribution in [0.5, 0.6) is 0 Å². The Morgan fingerprint density at radius 2 is 2.35 bits per heavy atom. The number of carbonyl (C=O) groups excluding carboxylic acids is 1. The molecule has 2 heterocycles. The zero-order valence-electron chi connectivity index (χ0n) is 13.0. The van der Waals surface area contributed by atoms with Gasteiger partial charge in [0.1, 0.15) is 5.78 Å². The zero-order valence-corrected chi connectivity index (χ0v) is 13.0. The van der Waals surface area contributed by atoms with E-state index in [2.05, 4.69) is 31.2 Å². The first-order valence-electron chi connectivity index (χ1n) is 7.85. The van der Waals surface area contributed by atoms with Crippen LogP contribution >= 0.6 is 0 Å². The second kappa shape index (κ2) is 6.53. The zero-order chi connectivity index (χ0) is 14.6. The number of nitrogens with one attached hydrogen (secondary N) is 1. The summed E-state index contributed by atoms with van der Waals surface area (Å²) in [5, 5.41) is 7.92. The minimum Gasteiger partial charge on any atom is -0.316 e. The summed E-state index contributed by atoms with van der Waals surface area (Å²) in [7, 11) is 0. The Hall–Kier alpha value is -1.16. The van der Waals surface area contributed by atoms with Crippen LogP contribution in [-0.2, 0) is 11.2 Å². The molecular formula is C16H27N3O. The summed E-state index contributed by atoms with van der Waals surface area (Å²) in [4.78, 5) is 12.8. The van der Waals surface area contributed by atoms with E-state index in [-0.39, 0.29) is 5.41 Å². The lowest BCUT2D eigenvalue weighted by Crippen LogP contribution is -2.46. The molecule has 1 fully saturated rings. The van der Waals surface area contributed by atoms with Crippen molar-refractivity contribution in [2.45, 2.75) is 58.9 Å². The second-order valence-corrected chi connectivity index (χ2v) is 6.29. The maximum absolute atomic E-state index is 12.8. The molecule has 1 aromatic rings. The van der Waals surface area contributed by atoms with E-state index in [0.717, 1.165) is 44.5 Å². The highest BCUT2D eigenvalue weighted by atomic mass is 16.1. The van der Waals surface area contributed by atoms with Gasteiger partial charge >= 0.3 is 0 Å². The summed E-state index contributed by atoms with van der Waals surface area (Å²) >= 11 is 0. The third-order valence-corrected chi connectivity index (χ3v) is 4.33. The van der Waals surface area contributed by atoms with Crippen molar-refractivity contribution in [3.8, 4) is 0 Å². The van der Waals surface area contributed by atoms with Crippen LogP contribution < -0.4 is 5.32 Å². The van der Waals surface area contributed by atoms with Crippen molar-refractivity contribution in [3.05, 3.63) is 18.0 Å². The highest BCUT2D eigenvalue weighted by Crippen LogP contribution is 2.33. The summed E-state index contributed by atoms with van der Waals surface area (Å²) in [5.41, 5.74) is 0.749. The molecule has 112 valence electrons. The molecule has 0 saturated carbocycles. The Labute approximate surface area is 121 Å². The van der Waals surface area contributed by atoms with Crippen LogP contribution in [0.4, 0.5) is 0 Å². The fourth-order valence-corrected chi connectivity index (χ4v) is 3.15. The molecule has 0 aromatic carbocycles. The van der Waals surface area contributed by atoms with Gasteiger partial charge in [-0.15, -0.1) is 0 Å². The van der Waals surface area contributed by atoms with E-state index >= 15 is 0 Å². The van der Waals surface area contributed by atoms with Crippen LogP contribution in [0.25, 0.3) is 0 Å². The van der Waals surface area contributed by atoms with Crippen molar-refractivity contribution in [3.63, 3.8) is 0 Å². The second-order valence-electron chi connectivity index (χ2n) is 6.29. The molecule has 0 amide bonds. The number of aromatic nitrogens is 2. The van der Waals surface area contributed by atoms with E-state index in [0.29, 0.717) is 18.2 Å². The molecule has 1 N–H and O–H groups in total. The first kappa shape index (κ1) is 15.2. The summed E-state index contributed by atoms with van der Waals surface area (Å²) in [6, 6.07) is 2.33. The number of Topliss-reactive ketones (excluding diaryl/α,β-unsaturated/α-hetero) is 1. The maximum atomic E-state index is 12.8. The topological polar surface area (TPSA) is 46.9 Å². The van der Waals surface area contributed by atoms with Gasteiger partial charge in [0, 0.05) is 24.2 Å². The molecule has 2 rings (SSSR count). The molecule has 0 spiro atoms. The Balaban J connectivity index is 2.07. The summed E-state index contributed by atoms with van der Waals surface area (Å²) in [5.74, 6) is 0.362. The van der Waals surface area contributed by atoms with Gasteiger partial charge in [-0.3, -0.25) is 9.48 Å². The predicted octanol–water partition coefficient (Wildman–Crippen LogP) is 2.75. The number of hydrogen-bond acceptors (Lipinski definition) is 3. The largest absolute Gasteiger partial charge is 0.316 e. The molecule has 1 unspecified atom stereocenters. The van der Waals surface area contributed by atoms with E-state index in [1.807, 2.05) is 16.9 Å². The third-order valence-electron chi connectivity index (χ3n) is 4.33. The minimum absolute atomic E-state index is 0.158. The van der Waals surface area contributed by atoms with Crippen LogP contribution in [0.3, 0.4) is 0 Å². The normalized spacial score (nSPS) is 23.2. The van der Waals surface area contributed by atoms with Crippen molar-refractivity contribution in [1.82, 2.24) is 15.1 Å². The van der Waals surface area contributed by atoms with Crippen molar-refractivity contribution < 1.29 is 4.79 Å². The van der Waals surface area contributed by atoms with Crippen molar-refractivity contribution in [2.75, 3.05) is 13.1 Å². The molecular weight excluding hydrogens is 250 g/mol. The lowest BCUT2D eigenvalue weighted by atomic mass is 9.72. The highest BCUT2D eigenvalue weighted by Gasteiger charge is 2.38. The van der Waals surface area contributed by atoms with Crippen molar-refractivity contribution in [1.29, 1.82) is 0 Å². The first-order valence-corrected chi connectivity index (χ1v) is 7.85. The lowest BCUT2D eigenvalue weighted by molar-refractivity contribution is -0.129. The summed E-state index contributed by atoms with van der Waals surface area (Å²) in [6.07, 6.45) is 6.63. The van der Waals surface area contributed by atoms with Gasteiger partial charge in [0.2, 0.25) is 0 Å². The van der Waals surface area contributed by atoms with Gasteiger partial charge < -0.3 is 5.32 Å². The van der Waals surface area contributed by atoms with E-state index in [9.17, 15) is 4.79 Å². The third kappa shape index (κ3) is 3.29. The van der Waals surface area contributed by atoms with Gasteiger partial charge in [0.25, 0.3) is 0 Å². The molecule has 0 aliphatic carbocycles. The quantitative estimate of drug-likeness (QED) is 0.869. The predicted molar refractivity (Wildman–Crippen MR) is 80.8 cm³/mol. The maximum Gasteiger partial charge on any atom is 0.146 e. The first-order chi connectivity index (χ1) is 9.57. The van der Waals surface area contributed by atoms with Gasteiger partial charge in [-0.2, -0.15) is 5.10 Å². The van der Waals surface area contributed by atoms with Crippen LogP contribution in [0.2, 0.25) is 0 Å². The number of carbonyl (C=O) groups is 1. The number of nitrogens with zero attached hydrogens (tertiary/aromatic N) is 2. The molecule has 0 radical (unpaired) electrons. The number of ketones is 1. The summed E-state index contributed by atoms with van der Waals surface area (Å²) < 4.78 is 1.92. The Morgan fingerprint density at radius 1 is 1.55 bits per heavy atom. The van der Waals surface area contributed by atoms with Gasteiger partial charge in [-0.1, -0.05) is 13.3 Å². The number of hydrogen-bond donors (Lipinski definition) is 1. The molecule has 1 aliphatic rings. The van der Waals surface area contributed by atoms with Gasteiger partial charge in [0.05, 0.1) is 12.1 Å². The van der Waals surface area contributed by atoms with Crippen molar-refractivity contribution >= 4 is 5.78 Å². The minimum atomic E-state index is -0.158. The SMILES string of the molecule is CCCC1(C(=O)Cc2ccn(C(C)C)n2)CCCNC1. The molecule has 1 aromatic heterocycles. The monoisotopic (exact) mass is 277 g/mol. The standard InChI is InChI=1S/C16H27N3O/c1-4-7-16(8-5-9-17-12-16)15(20)11-14-6-10-19(18-14)13(2)3/h6,10,13,17H,4-5,7-9,11-12H2,1-3H3. The molecule has 1 aliphatic heterocycles. The molecule has 0 bridgehead atoms. The number of rotatable bonds is 6. The van der Waals surface area contributed by atoms with Gasteiger partial charge in [-0.05, 0) is 45.7 Å². The van der Waals surface area contributed by atoms with Gasteiger partial charge in [0.15, 0.2) is 0 Å². The van der Waals surface area contributed by atoms with Crippen LogP contribution in [0.1, 0.15) is 58.2 Å². The molecule has 4 heteroatoms. The fraction of sp³-hybridized carbons (Fsp3) is 0.750. The van der Waals surface area contributed by atoms with Crippen LogP contribution in [0, 0.1) is 5.41 Å². The molecule has 20 heavy (non-hydrogen) atoms. The fourth-order valence-electron chi connectivity index (χ4n) is 3.15. The summed E-state index contributed by atoms with van der Waals surface area (Å²) in [6.45, 7) is 8.24. The Bertz CT molecular complexity index is 439. The van der Waals surface area contributed by atoms with Crippen LogP contribution in [-0.4, -0.2) is 28.7 Å². The van der Waals surface area contributed by atoms with Gasteiger partial charge in [-0.25, -0.2) is 0 Å². The average molecular weight is 277 g/mol. The van der Waals surface area contributed by atoms with Crippen molar-refractivity contribution in [2.24, 2.45) is 5.41 Å². The van der Waals surface area contributed by atoms with E-state index in [4.69, 9.17) is 0 Å². The van der Waals surface area contributed by atoms with E-state index in [1.54, 1.807) is 0 Å². The molecule has 1 saturated heterocycles. The van der Waals surface area contributed by atoms with E-state index < -0.39 is 0 Å². The lowest BCUT2D eigenvalue weighted by Gasteiger charge is -2.36. The average Bonchev–Trinajstić information content (AvgIpc) is 2.89. The Morgan fingerprint density at radius 3 is 2.90 bits per heavy atom. The van der Waals surface area contributed by atoms with E-state index in [1.165, 1.54) is 0 Å². The smallest absolute Gasteiger partial charge is 0.146 e. The van der Waals surface area contributed by atoms with Crippen LogP contribution in [0.15, 0.2) is 12.3 Å². The Kier molecular flexibility index (Phi) is 4.97. The molecule has 1 atom stereocenters. The number of piperidine rings is 1. The molecule has 4 nitrogen and oxygen atoms in total.